The Hall–Kier alpha value is -3.92. The first-order chi connectivity index (χ1) is 17.8. The lowest BCUT2D eigenvalue weighted by Gasteiger charge is -2.14. The molecule has 4 aromatic rings. The molecule has 0 aliphatic carbocycles. The third-order valence-electron chi connectivity index (χ3n) is 7.96. The third-order valence-corrected chi connectivity index (χ3v) is 7.96. The van der Waals surface area contributed by atoms with E-state index in [-0.39, 0.29) is 0 Å². The van der Waals surface area contributed by atoms with Gasteiger partial charge in [0.05, 0.1) is 0 Å². The second-order valence-corrected chi connectivity index (χ2v) is 10.7. The molecule has 0 heterocycles. The van der Waals surface area contributed by atoms with Crippen molar-refractivity contribution in [3.8, 4) is 0 Å². The Morgan fingerprint density at radius 3 is 1.05 bits per heavy atom. The zero-order valence-corrected chi connectivity index (χ0v) is 24.3. The lowest BCUT2D eigenvalue weighted by molar-refractivity contribution is 1.12. The van der Waals surface area contributed by atoms with Crippen LogP contribution in [0.2, 0.25) is 0 Å². The molecule has 38 heavy (non-hydrogen) atoms. The summed E-state index contributed by atoms with van der Waals surface area (Å²) < 4.78 is 0. The molecule has 4 rings (SSSR count). The molecule has 0 aliphatic heterocycles. The molecule has 0 unspecified atom stereocenters. The molecule has 0 atom stereocenters. The molecule has 0 aliphatic rings. The Bertz CT molecular complexity index is 1400. The molecular weight excluding hydrogens is 464 g/mol. The van der Waals surface area contributed by atoms with Gasteiger partial charge in [0.25, 0.3) is 0 Å². The topological polar surface area (TPSA) is 104 Å². The van der Waals surface area contributed by atoms with Crippen molar-refractivity contribution in [3.05, 3.63) is 115 Å². The standard InChI is InChI=1S/2C17H22N2/c1-10-5-7-14(12(3)16(10)18)9-15-8-6-11(2)17(19)13(15)4;1-10-5-6-15(13(4)17(10)19)9-14-7-11(2)16(18)12(3)8-14/h2*5-8H,9,18-19H2,1-4H3. The van der Waals surface area contributed by atoms with Gasteiger partial charge in [0.15, 0.2) is 0 Å². The van der Waals surface area contributed by atoms with Gasteiger partial charge < -0.3 is 22.9 Å². The van der Waals surface area contributed by atoms with Crippen LogP contribution in [0.25, 0.3) is 0 Å². The monoisotopic (exact) mass is 508 g/mol. The molecule has 0 saturated carbocycles. The SMILES string of the molecule is Cc1cc(Cc2ccc(C)c(N)c2C)cc(C)c1N.Cc1ccc(Cc2ccc(C)c(N)c2C)c(C)c1N. The van der Waals surface area contributed by atoms with Gasteiger partial charge in [0, 0.05) is 22.7 Å². The van der Waals surface area contributed by atoms with Crippen molar-refractivity contribution in [1.82, 2.24) is 0 Å². The van der Waals surface area contributed by atoms with Gasteiger partial charge in [-0.1, -0.05) is 48.5 Å². The highest BCUT2D eigenvalue weighted by Gasteiger charge is 2.10. The molecule has 0 bridgehead atoms. The van der Waals surface area contributed by atoms with Crippen LogP contribution in [0.15, 0.2) is 48.5 Å². The predicted octanol–water partition coefficient (Wildman–Crippen LogP) is 7.35. The molecule has 0 aromatic heterocycles. The van der Waals surface area contributed by atoms with Gasteiger partial charge in [-0.2, -0.15) is 0 Å². The summed E-state index contributed by atoms with van der Waals surface area (Å²) in [7, 11) is 0. The van der Waals surface area contributed by atoms with Crippen LogP contribution in [0.1, 0.15) is 66.8 Å². The highest BCUT2D eigenvalue weighted by molar-refractivity contribution is 5.60. The van der Waals surface area contributed by atoms with E-state index in [1.54, 1.807) is 0 Å². The maximum absolute atomic E-state index is 6.10. The number of nitrogens with two attached hydrogens (primary N) is 4. The number of anilines is 4. The lowest BCUT2D eigenvalue weighted by atomic mass is 9.93. The quantitative estimate of drug-likeness (QED) is 0.216. The summed E-state index contributed by atoms with van der Waals surface area (Å²) in [6.07, 6.45) is 1.78. The minimum atomic E-state index is 0.882. The van der Waals surface area contributed by atoms with Crippen molar-refractivity contribution in [3.63, 3.8) is 0 Å². The first kappa shape index (κ1) is 28.6. The van der Waals surface area contributed by atoms with Crippen LogP contribution in [0.5, 0.6) is 0 Å². The summed E-state index contributed by atoms with van der Waals surface area (Å²) in [6, 6.07) is 17.1. The van der Waals surface area contributed by atoms with E-state index in [0.717, 1.165) is 63.4 Å². The summed E-state index contributed by atoms with van der Waals surface area (Å²) in [5.74, 6) is 0. The maximum atomic E-state index is 6.10. The van der Waals surface area contributed by atoms with E-state index in [9.17, 15) is 0 Å². The molecular formula is C34H44N4. The predicted molar refractivity (Wildman–Crippen MR) is 167 cm³/mol. The number of aryl methyl sites for hydroxylation is 5. The zero-order valence-electron chi connectivity index (χ0n) is 24.3. The fourth-order valence-corrected chi connectivity index (χ4v) is 4.89. The Balaban J connectivity index is 0.000000211. The summed E-state index contributed by atoms with van der Waals surface area (Å²) in [4.78, 5) is 0. The highest BCUT2D eigenvalue weighted by Crippen LogP contribution is 2.27. The Kier molecular flexibility index (Phi) is 8.78. The van der Waals surface area contributed by atoms with Crippen molar-refractivity contribution in [2.75, 3.05) is 22.9 Å². The fraction of sp³-hybridized carbons (Fsp3) is 0.294. The van der Waals surface area contributed by atoms with E-state index in [0.29, 0.717) is 0 Å². The maximum Gasteiger partial charge on any atom is 0.0376 e. The number of benzene rings is 4. The highest BCUT2D eigenvalue weighted by atomic mass is 14.6. The molecule has 8 N–H and O–H groups in total. The largest absolute Gasteiger partial charge is 0.398 e. The van der Waals surface area contributed by atoms with E-state index in [2.05, 4.69) is 83.1 Å². The molecule has 4 heteroatoms. The summed E-state index contributed by atoms with van der Waals surface area (Å²) in [6.45, 7) is 16.5. The number of hydrogen-bond donors (Lipinski definition) is 4. The van der Waals surface area contributed by atoms with Gasteiger partial charge in [-0.05, 0) is 135 Å². The van der Waals surface area contributed by atoms with Crippen LogP contribution < -0.4 is 22.9 Å². The summed E-state index contributed by atoms with van der Waals surface area (Å²) >= 11 is 0. The van der Waals surface area contributed by atoms with Gasteiger partial charge in [0.2, 0.25) is 0 Å². The van der Waals surface area contributed by atoms with Gasteiger partial charge >= 0.3 is 0 Å². The molecule has 4 aromatic carbocycles. The Morgan fingerprint density at radius 1 is 0.395 bits per heavy atom. The van der Waals surface area contributed by atoms with Crippen molar-refractivity contribution >= 4 is 22.7 Å². The first-order valence-corrected chi connectivity index (χ1v) is 13.2. The van der Waals surface area contributed by atoms with Gasteiger partial charge in [-0.15, -0.1) is 0 Å². The Morgan fingerprint density at radius 2 is 0.711 bits per heavy atom. The van der Waals surface area contributed by atoms with Crippen molar-refractivity contribution in [1.29, 1.82) is 0 Å². The minimum absolute atomic E-state index is 0.882. The molecule has 0 amide bonds. The first-order valence-electron chi connectivity index (χ1n) is 13.2. The van der Waals surface area contributed by atoms with Crippen molar-refractivity contribution in [2.45, 2.75) is 68.2 Å². The zero-order chi connectivity index (χ0) is 28.3. The average molecular weight is 509 g/mol. The van der Waals surface area contributed by atoms with Crippen molar-refractivity contribution in [2.24, 2.45) is 0 Å². The summed E-state index contributed by atoms with van der Waals surface area (Å²) in [5, 5.41) is 0. The van der Waals surface area contributed by atoms with E-state index < -0.39 is 0 Å². The van der Waals surface area contributed by atoms with Crippen LogP contribution in [-0.2, 0) is 12.8 Å². The van der Waals surface area contributed by atoms with E-state index >= 15 is 0 Å². The molecule has 0 spiro atoms. The van der Waals surface area contributed by atoms with E-state index in [1.807, 2.05) is 20.8 Å². The number of rotatable bonds is 4. The van der Waals surface area contributed by atoms with Gasteiger partial charge in [-0.3, -0.25) is 0 Å². The van der Waals surface area contributed by atoms with Gasteiger partial charge in [-0.25, -0.2) is 0 Å². The number of nitrogen functional groups attached to an aromatic ring is 4. The molecule has 4 nitrogen and oxygen atoms in total. The van der Waals surface area contributed by atoms with Crippen LogP contribution in [0.3, 0.4) is 0 Å². The second kappa shape index (κ2) is 11.6. The van der Waals surface area contributed by atoms with Gasteiger partial charge in [0.1, 0.15) is 0 Å². The van der Waals surface area contributed by atoms with E-state index in [4.69, 9.17) is 22.9 Å². The van der Waals surface area contributed by atoms with Crippen LogP contribution in [-0.4, -0.2) is 0 Å². The smallest absolute Gasteiger partial charge is 0.0376 e. The second-order valence-electron chi connectivity index (χ2n) is 10.7. The Labute approximate surface area is 229 Å². The molecule has 0 radical (unpaired) electrons. The van der Waals surface area contributed by atoms with Crippen LogP contribution >= 0.6 is 0 Å². The molecule has 0 saturated heterocycles. The van der Waals surface area contributed by atoms with Crippen LogP contribution in [0, 0.1) is 55.4 Å². The summed E-state index contributed by atoms with van der Waals surface area (Å²) in [5.41, 5.74) is 42.3. The molecule has 200 valence electrons. The average Bonchev–Trinajstić information content (AvgIpc) is 2.88. The fourth-order valence-electron chi connectivity index (χ4n) is 4.89. The minimum Gasteiger partial charge on any atom is -0.398 e. The van der Waals surface area contributed by atoms with Crippen LogP contribution in [0.4, 0.5) is 22.7 Å². The lowest BCUT2D eigenvalue weighted by Crippen LogP contribution is -2.02. The molecule has 0 fully saturated rings. The third kappa shape index (κ3) is 6.13. The number of hydrogen-bond acceptors (Lipinski definition) is 4. The normalized spacial score (nSPS) is 10.7. The van der Waals surface area contributed by atoms with E-state index in [1.165, 1.54) is 38.9 Å². The van der Waals surface area contributed by atoms with Crippen molar-refractivity contribution < 1.29 is 0 Å².